The summed E-state index contributed by atoms with van der Waals surface area (Å²) in [5.41, 5.74) is 0.129. The fourth-order valence-corrected chi connectivity index (χ4v) is 1.32. The van der Waals surface area contributed by atoms with Crippen LogP contribution in [0.1, 0.15) is 0 Å². The van der Waals surface area contributed by atoms with Gasteiger partial charge in [-0.3, -0.25) is 10.1 Å². The molecule has 0 aliphatic rings. The number of non-ortho nitro benzene ring substituents is 1. The lowest BCUT2D eigenvalue weighted by Crippen LogP contribution is -2.27. The standard InChI is InChI=1S/C10H14FN3O2/c1-12-5-6-13(2)10-4-3-8(14(15)16)7-9(10)11/h3-4,7,12H,5-6H2,1-2H3. The molecule has 1 rings (SSSR count). The van der Waals surface area contributed by atoms with E-state index in [9.17, 15) is 14.5 Å². The first-order valence-electron chi connectivity index (χ1n) is 4.86. The lowest BCUT2D eigenvalue weighted by molar-refractivity contribution is -0.385. The van der Waals surface area contributed by atoms with Crippen molar-refractivity contribution in [2.45, 2.75) is 0 Å². The second kappa shape index (κ2) is 5.41. The molecule has 0 atom stereocenters. The summed E-state index contributed by atoms with van der Waals surface area (Å²) >= 11 is 0. The predicted octanol–water partition coefficient (Wildman–Crippen LogP) is 1.39. The van der Waals surface area contributed by atoms with E-state index in [4.69, 9.17) is 0 Å². The lowest BCUT2D eigenvalue weighted by atomic mass is 10.2. The second-order valence-electron chi connectivity index (χ2n) is 3.42. The quantitative estimate of drug-likeness (QED) is 0.610. The van der Waals surface area contributed by atoms with Gasteiger partial charge in [-0.25, -0.2) is 4.39 Å². The molecular formula is C10H14FN3O2. The molecule has 0 saturated heterocycles. The van der Waals surface area contributed by atoms with E-state index >= 15 is 0 Å². The minimum Gasteiger partial charge on any atom is -0.371 e. The first kappa shape index (κ1) is 12.4. The third-order valence-electron chi connectivity index (χ3n) is 2.25. The van der Waals surface area contributed by atoms with Gasteiger partial charge in [-0.2, -0.15) is 0 Å². The molecule has 0 spiro atoms. The van der Waals surface area contributed by atoms with Crippen LogP contribution in [-0.2, 0) is 0 Å². The fraction of sp³-hybridized carbons (Fsp3) is 0.400. The Morgan fingerprint density at radius 2 is 2.25 bits per heavy atom. The lowest BCUT2D eigenvalue weighted by Gasteiger charge is -2.19. The highest BCUT2D eigenvalue weighted by atomic mass is 19.1. The van der Waals surface area contributed by atoms with Gasteiger partial charge in [-0.15, -0.1) is 0 Å². The molecule has 5 nitrogen and oxygen atoms in total. The third kappa shape index (κ3) is 2.90. The van der Waals surface area contributed by atoms with Crippen LogP contribution < -0.4 is 10.2 Å². The molecule has 0 fully saturated rings. The maximum Gasteiger partial charge on any atom is 0.272 e. The average Bonchev–Trinajstić information content (AvgIpc) is 2.25. The van der Waals surface area contributed by atoms with Crippen LogP contribution in [0.4, 0.5) is 15.8 Å². The Hall–Kier alpha value is -1.69. The fourth-order valence-electron chi connectivity index (χ4n) is 1.32. The van der Waals surface area contributed by atoms with Crippen LogP contribution in [0.3, 0.4) is 0 Å². The first-order chi connectivity index (χ1) is 7.56. The van der Waals surface area contributed by atoms with Crippen LogP contribution in [0.5, 0.6) is 0 Å². The van der Waals surface area contributed by atoms with Crippen molar-refractivity contribution in [2.75, 3.05) is 32.1 Å². The second-order valence-corrected chi connectivity index (χ2v) is 3.42. The van der Waals surface area contributed by atoms with Gasteiger partial charge in [0.25, 0.3) is 5.69 Å². The van der Waals surface area contributed by atoms with Crippen molar-refractivity contribution in [1.82, 2.24) is 5.32 Å². The number of hydrogen-bond acceptors (Lipinski definition) is 4. The number of anilines is 1. The van der Waals surface area contributed by atoms with E-state index in [0.717, 1.165) is 6.07 Å². The van der Waals surface area contributed by atoms with Crippen molar-refractivity contribution in [3.05, 3.63) is 34.1 Å². The van der Waals surface area contributed by atoms with Gasteiger partial charge < -0.3 is 10.2 Å². The summed E-state index contributed by atoms with van der Waals surface area (Å²) in [6.07, 6.45) is 0. The Bertz CT molecular complexity index is 384. The van der Waals surface area contributed by atoms with Gasteiger partial charge in [0.1, 0.15) is 0 Å². The van der Waals surface area contributed by atoms with Crippen molar-refractivity contribution in [3.63, 3.8) is 0 Å². The summed E-state index contributed by atoms with van der Waals surface area (Å²) in [4.78, 5) is 11.5. The van der Waals surface area contributed by atoms with Gasteiger partial charge in [0.2, 0.25) is 0 Å². The Labute approximate surface area is 93.0 Å². The highest BCUT2D eigenvalue weighted by Crippen LogP contribution is 2.22. The maximum atomic E-state index is 13.5. The molecule has 0 saturated carbocycles. The topological polar surface area (TPSA) is 58.4 Å². The zero-order valence-corrected chi connectivity index (χ0v) is 9.24. The summed E-state index contributed by atoms with van der Waals surface area (Å²) < 4.78 is 13.5. The van der Waals surface area contributed by atoms with Crippen molar-refractivity contribution in [3.8, 4) is 0 Å². The maximum absolute atomic E-state index is 13.5. The Kier molecular flexibility index (Phi) is 4.19. The molecule has 6 heteroatoms. The Balaban J connectivity index is 2.85. The predicted molar refractivity (Wildman–Crippen MR) is 60.3 cm³/mol. The summed E-state index contributed by atoms with van der Waals surface area (Å²) in [5, 5.41) is 13.4. The molecule has 1 aromatic rings. The summed E-state index contributed by atoms with van der Waals surface area (Å²) in [5.74, 6) is -0.576. The van der Waals surface area contributed by atoms with Crippen LogP contribution in [0.2, 0.25) is 0 Å². The van der Waals surface area contributed by atoms with Crippen LogP contribution in [0.25, 0.3) is 0 Å². The van der Waals surface area contributed by atoms with E-state index in [-0.39, 0.29) is 5.69 Å². The van der Waals surface area contributed by atoms with Crippen molar-refractivity contribution in [1.29, 1.82) is 0 Å². The molecule has 1 aromatic carbocycles. The first-order valence-corrected chi connectivity index (χ1v) is 4.86. The van der Waals surface area contributed by atoms with E-state index < -0.39 is 10.7 Å². The van der Waals surface area contributed by atoms with E-state index in [1.54, 1.807) is 19.0 Å². The number of nitro benzene ring substituents is 1. The van der Waals surface area contributed by atoms with E-state index in [0.29, 0.717) is 18.8 Å². The largest absolute Gasteiger partial charge is 0.371 e. The van der Waals surface area contributed by atoms with Crippen LogP contribution in [-0.4, -0.2) is 32.1 Å². The molecule has 0 heterocycles. The smallest absolute Gasteiger partial charge is 0.272 e. The minimum atomic E-state index is -0.611. The van der Waals surface area contributed by atoms with Crippen molar-refractivity contribution in [2.24, 2.45) is 0 Å². The van der Waals surface area contributed by atoms with E-state index in [2.05, 4.69) is 5.32 Å². The SMILES string of the molecule is CNCCN(C)c1ccc([N+](=O)[O-])cc1F. The monoisotopic (exact) mass is 227 g/mol. The van der Waals surface area contributed by atoms with E-state index in [1.165, 1.54) is 12.1 Å². The summed E-state index contributed by atoms with van der Waals surface area (Å²) in [6.45, 7) is 1.35. The molecule has 0 unspecified atom stereocenters. The van der Waals surface area contributed by atoms with Crippen LogP contribution in [0.15, 0.2) is 18.2 Å². The number of hydrogen-bond donors (Lipinski definition) is 1. The summed E-state index contributed by atoms with van der Waals surface area (Å²) in [6, 6.07) is 3.66. The number of rotatable bonds is 5. The van der Waals surface area contributed by atoms with Gasteiger partial charge in [0.15, 0.2) is 5.82 Å². The highest BCUT2D eigenvalue weighted by Gasteiger charge is 2.12. The number of likely N-dealkylation sites (N-methyl/N-ethyl adjacent to an activating group) is 2. The molecule has 0 aromatic heterocycles. The molecule has 16 heavy (non-hydrogen) atoms. The molecule has 0 aliphatic heterocycles. The molecule has 0 amide bonds. The normalized spacial score (nSPS) is 10.2. The molecule has 88 valence electrons. The van der Waals surface area contributed by atoms with E-state index in [1.807, 2.05) is 0 Å². The third-order valence-corrected chi connectivity index (χ3v) is 2.25. The number of nitro groups is 1. The van der Waals surface area contributed by atoms with Crippen LogP contribution >= 0.6 is 0 Å². The van der Waals surface area contributed by atoms with Gasteiger partial charge in [0.05, 0.1) is 16.7 Å². The van der Waals surface area contributed by atoms with Crippen LogP contribution in [0, 0.1) is 15.9 Å². The molecular weight excluding hydrogens is 213 g/mol. The zero-order chi connectivity index (χ0) is 12.1. The average molecular weight is 227 g/mol. The van der Waals surface area contributed by atoms with Crippen molar-refractivity contribution < 1.29 is 9.31 Å². The zero-order valence-electron chi connectivity index (χ0n) is 9.24. The van der Waals surface area contributed by atoms with Gasteiger partial charge in [0, 0.05) is 26.2 Å². The number of halogens is 1. The Morgan fingerprint density at radius 1 is 1.56 bits per heavy atom. The summed E-state index contributed by atoms with van der Waals surface area (Å²) in [7, 11) is 3.54. The number of nitrogens with one attached hydrogen (secondary N) is 1. The van der Waals surface area contributed by atoms with Gasteiger partial charge >= 0.3 is 0 Å². The van der Waals surface area contributed by atoms with Crippen molar-refractivity contribution >= 4 is 11.4 Å². The highest BCUT2D eigenvalue weighted by molar-refractivity contribution is 5.51. The molecule has 0 aliphatic carbocycles. The molecule has 0 radical (unpaired) electrons. The minimum absolute atomic E-state index is 0.233. The number of nitrogens with zero attached hydrogens (tertiary/aromatic N) is 2. The molecule has 0 bridgehead atoms. The van der Waals surface area contributed by atoms with Gasteiger partial charge in [-0.05, 0) is 13.1 Å². The number of benzene rings is 1. The molecule has 1 N–H and O–H groups in total. The Morgan fingerprint density at radius 3 is 2.75 bits per heavy atom. The van der Waals surface area contributed by atoms with Gasteiger partial charge in [-0.1, -0.05) is 0 Å².